The molecule has 3 aliphatic rings. The molecule has 1 atom stereocenters. The third-order valence-electron chi connectivity index (χ3n) is 8.55. The van der Waals surface area contributed by atoms with Crippen molar-refractivity contribution in [2.75, 3.05) is 32.7 Å². The maximum Gasteiger partial charge on any atom is 0.417 e. The highest BCUT2D eigenvalue weighted by Gasteiger charge is 2.50. The van der Waals surface area contributed by atoms with E-state index in [0.29, 0.717) is 35.1 Å². The zero-order valence-corrected chi connectivity index (χ0v) is 22.6. The van der Waals surface area contributed by atoms with Crippen molar-refractivity contribution in [1.29, 1.82) is 0 Å². The molecule has 3 aromatic rings. The van der Waals surface area contributed by atoms with Crippen molar-refractivity contribution in [3.63, 3.8) is 0 Å². The molecule has 1 amide bonds. The standard InChI is InChI=1S/C32H33F3N2O4/c33-32(34,35)27-15-8-7-14-26(27)29(38)36-18-9-19-37-20-16-23(17-21-37)28(22-37)41-30(39)31(40,24-10-3-1-4-11-24)25-12-5-2-6-13-25/h1-8,10-15,23,28,40H,9,16-22H2/p+1/t23?,28-,37?/m0/s1. The van der Waals surface area contributed by atoms with Gasteiger partial charge in [0.2, 0.25) is 5.60 Å². The number of nitrogens with zero attached hydrogens (tertiary/aromatic N) is 1. The second-order valence-electron chi connectivity index (χ2n) is 11.1. The first-order valence-corrected chi connectivity index (χ1v) is 14.0. The van der Waals surface area contributed by atoms with E-state index < -0.39 is 29.2 Å². The van der Waals surface area contributed by atoms with E-state index in [0.717, 1.165) is 32.0 Å². The average Bonchev–Trinajstić information content (AvgIpc) is 3.00. The van der Waals surface area contributed by atoms with Crippen LogP contribution in [-0.4, -0.2) is 60.3 Å². The zero-order valence-electron chi connectivity index (χ0n) is 22.6. The number of halogens is 3. The molecule has 3 aliphatic heterocycles. The van der Waals surface area contributed by atoms with E-state index in [2.05, 4.69) is 5.32 Å². The molecule has 0 radical (unpaired) electrons. The number of amides is 1. The summed E-state index contributed by atoms with van der Waals surface area (Å²) < 4.78 is 46.7. The number of nitrogens with one attached hydrogen (secondary N) is 1. The maximum atomic E-state index is 13.7. The highest BCUT2D eigenvalue weighted by molar-refractivity contribution is 5.95. The summed E-state index contributed by atoms with van der Waals surface area (Å²) in [5.41, 5.74) is -2.42. The molecule has 6 rings (SSSR count). The molecule has 6 nitrogen and oxygen atoms in total. The molecule has 41 heavy (non-hydrogen) atoms. The number of hydrogen-bond acceptors (Lipinski definition) is 4. The first-order chi connectivity index (χ1) is 19.6. The zero-order chi connectivity index (χ0) is 29.1. The van der Waals surface area contributed by atoms with E-state index in [1.165, 1.54) is 18.2 Å². The van der Waals surface area contributed by atoms with Crippen LogP contribution in [-0.2, 0) is 21.3 Å². The highest BCUT2D eigenvalue weighted by atomic mass is 19.4. The van der Waals surface area contributed by atoms with Gasteiger partial charge >= 0.3 is 12.1 Å². The molecule has 3 saturated heterocycles. The largest absolute Gasteiger partial charge is 0.453 e. The topological polar surface area (TPSA) is 75.6 Å². The van der Waals surface area contributed by atoms with Crippen LogP contribution in [0.25, 0.3) is 0 Å². The van der Waals surface area contributed by atoms with E-state index in [9.17, 15) is 27.9 Å². The summed E-state index contributed by atoms with van der Waals surface area (Å²) in [4.78, 5) is 26.2. The minimum atomic E-state index is -4.61. The van der Waals surface area contributed by atoms with Gasteiger partial charge in [0.1, 0.15) is 6.54 Å². The number of piperidine rings is 3. The summed E-state index contributed by atoms with van der Waals surface area (Å²) in [6.07, 6.45) is -2.65. The van der Waals surface area contributed by atoms with E-state index in [1.54, 1.807) is 48.5 Å². The van der Waals surface area contributed by atoms with Crippen LogP contribution in [0.3, 0.4) is 0 Å². The van der Waals surface area contributed by atoms with Crippen LogP contribution in [0.1, 0.15) is 46.3 Å². The van der Waals surface area contributed by atoms with Crippen LogP contribution in [0.15, 0.2) is 84.9 Å². The summed E-state index contributed by atoms with van der Waals surface area (Å²) in [5, 5.41) is 14.4. The lowest BCUT2D eigenvalue weighted by atomic mass is 9.82. The minimum Gasteiger partial charge on any atom is -0.453 e. The number of benzene rings is 3. The van der Waals surface area contributed by atoms with Gasteiger partial charge in [0.25, 0.3) is 5.91 Å². The molecule has 9 heteroatoms. The number of quaternary nitrogens is 1. The van der Waals surface area contributed by atoms with E-state index in [4.69, 9.17) is 4.74 Å². The van der Waals surface area contributed by atoms with Crippen LogP contribution in [0.4, 0.5) is 13.2 Å². The number of rotatable bonds is 9. The monoisotopic (exact) mass is 567 g/mol. The van der Waals surface area contributed by atoms with Crippen molar-refractivity contribution in [3.05, 3.63) is 107 Å². The molecular formula is C32H34F3N2O4+. The van der Waals surface area contributed by atoms with Crippen molar-refractivity contribution in [2.45, 2.75) is 37.1 Å². The van der Waals surface area contributed by atoms with Crippen molar-refractivity contribution in [1.82, 2.24) is 5.32 Å². The summed E-state index contributed by atoms with van der Waals surface area (Å²) >= 11 is 0. The van der Waals surface area contributed by atoms with Crippen molar-refractivity contribution >= 4 is 11.9 Å². The summed E-state index contributed by atoms with van der Waals surface area (Å²) in [6.45, 7) is 3.35. The predicted molar refractivity (Wildman–Crippen MR) is 147 cm³/mol. The summed E-state index contributed by atoms with van der Waals surface area (Å²) in [7, 11) is 0. The molecule has 0 aliphatic carbocycles. The van der Waals surface area contributed by atoms with Gasteiger partial charge in [-0.2, -0.15) is 13.2 Å². The van der Waals surface area contributed by atoms with Crippen LogP contribution < -0.4 is 5.32 Å². The van der Waals surface area contributed by atoms with E-state index in [-0.39, 0.29) is 24.1 Å². The van der Waals surface area contributed by atoms with Crippen LogP contribution in [0.2, 0.25) is 0 Å². The molecule has 0 unspecified atom stereocenters. The highest BCUT2D eigenvalue weighted by Crippen LogP contribution is 2.38. The van der Waals surface area contributed by atoms with Gasteiger partial charge in [-0.3, -0.25) is 4.79 Å². The Bertz CT molecular complexity index is 1320. The van der Waals surface area contributed by atoms with Crippen molar-refractivity contribution < 1.29 is 37.1 Å². The van der Waals surface area contributed by atoms with Crippen LogP contribution >= 0.6 is 0 Å². The number of esters is 1. The third kappa shape index (κ3) is 6.01. The fourth-order valence-electron chi connectivity index (χ4n) is 6.29. The molecule has 216 valence electrons. The van der Waals surface area contributed by atoms with Gasteiger partial charge in [0.05, 0.1) is 30.8 Å². The molecule has 3 aromatic carbocycles. The molecular weight excluding hydrogens is 533 g/mol. The Hall–Kier alpha value is -3.69. The van der Waals surface area contributed by atoms with Gasteiger partial charge in [-0.25, -0.2) is 4.79 Å². The van der Waals surface area contributed by atoms with Crippen LogP contribution in [0.5, 0.6) is 0 Å². The van der Waals surface area contributed by atoms with Crippen molar-refractivity contribution in [3.8, 4) is 0 Å². The quantitative estimate of drug-likeness (QED) is 0.219. The van der Waals surface area contributed by atoms with Gasteiger partial charge in [0.15, 0.2) is 6.10 Å². The predicted octanol–water partition coefficient (Wildman–Crippen LogP) is 4.91. The Morgan fingerprint density at radius 2 is 1.44 bits per heavy atom. The fraction of sp³-hybridized carbons (Fsp3) is 0.375. The Balaban J connectivity index is 1.22. The maximum absolute atomic E-state index is 13.7. The Morgan fingerprint density at radius 3 is 2.02 bits per heavy atom. The molecule has 3 heterocycles. The smallest absolute Gasteiger partial charge is 0.417 e. The third-order valence-corrected chi connectivity index (χ3v) is 8.55. The summed E-state index contributed by atoms with van der Waals surface area (Å²) in [5.74, 6) is -1.25. The molecule has 2 bridgehead atoms. The SMILES string of the molecule is O=C(NCCC[N+]12CCC(CC1)[C@@H](OC(=O)C(O)(c1ccccc1)c1ccccc1)C2)c1ccccc1C(F)(F)F. The van der Waals surface area contributed by atoms with Gasteiger partial charge in [-0.15, -0.1) is 0 Å². The first kappa shape index (κ1) is 28.8. The van der Waals surface area contributed by atoms with Gasteiger partial charge in [-0.05, 0) is 23.3 Å². The second kappa shape index (κ2) is 11.7. The normalized spacial score (nSPS) is 22.2. The van der Waals surface area contributed by atoms with Gasteiger partial charge < -0.3 is 19.6 Å². The Labute approximate surface area is 237 Å². The molecule has 3 fully saturated rings. The van der Waals surface area contributed by atoms with E-state index in [1.807, 2.05) is 12.1 Å². The molecule has 2 N–H and O–H groups in total. The number of alkyl halides is 3. The van der Waals surface area contributed by atoms with Crippen molar-refractivity contribution in [2.24, 2.45) is 5.92 Å². The van der Waals surface area contributed by atoms with Crippen LogP contribution in [0, 0.1) is 5.92 Å². The van der Waals surface area contributed by atoms with Gasteiger partial charge in [0, 0.05) is 31.7 Å². The molecule has 0 spiro atoms. The lowest BCUT2D eigenvalue weighted by Gasteiger charge is -2.52. The lowest BCUT2D eigenvalue weighted by molar-refractivity contribution is -0.946. The fourth-order valence-corrected chi connectivity index (χ4v) is 6.29. The minimum absolute atomic E-state index is 0.202. The number of fused-ring (bicyclic) bond motifs is 3. The molecule has 0 aromatic heterocycles. The summed E-state index contributed by atoms with van der Waals surface area (Å²) in [6, 6.07) is 22.3. The number of ether oxygens (including phenoxy) is 1. The number of aliphatic hydroxyl groups is 1. The number of carbonyl (C=O) groups is 2. The van der Waals surface area contributed by atoms with Gasteiger partial charge in [-0.1, -0.05) is 72.8 Å². The Morgan fingerprint density at radius 1 is 0.878 bits per heavy atom. The first-order valence-electron chi connectivity index (χ1n) is 14.0. The Kier molecular flexibility index (Phi) is 8.20. The van der Waals surface area contributed by atoms with E-state index >= 15 is 0 Å². The average molecular weight is 568 g/mol. The number of hydrogen-bond donors (Lipinski definition) is 2. The molecule has 0 saturated carbocycles. The lowest BCUT2D eigenvalue weighted by Crippen LogP contribution is -2.65. The number of carbonyl (C=O) groups excluding carboxylic acids is 2. The second-order valence-corrected chi connectivity index (χ2v) is 11.1.